The molecule has 0 unspecified atom stereocenters. The number of nitrogens with zero attached hydrogens (tertiary/aromatic N) is 5. The highest BCUT2D eigenvalue weighted by atomic mass is 16.5. The van der Waals surface area contributed by atoms with E-state index in [2.05, 4.69) is 16.0 Å². The third kappa shape index (κ3) is 2.74. The van der Waals surface area contributed by atoms with Crippen LogP contribution in [0.4, 0.5) is 5.82 Å². The summed E-state index contributed by atoms with van der Waals surface area (Å²) in [6.07, 6.45) is 1.87. The van der Waals surface area contributed by atoms with Crippen LogP contribution < -0.4 is 9.64 Å². The van der Waals surface area contributed by atoms with E-state index in [9.17, 15) is 5.26 Å². The molecule has 1 aliphatic rings. The van der Waals surface area contributed by atoms with E-state index in [1.165, 1.54) is 0 Å². The Morgan fingerprint density at radius 1 is 1.23 bits per heavy atom. The number of benzene rings is 1. The Balaban J connectivity index is 1.94. The molecule has 132 valence electrons. The van der Waals surface area contributed by atoms with Gasteiger partial charge in [-0.2, -0.15) is 5.26 Å². The molecule has 3 heterocycles. The molecule has 1 saturated heterocycles. The van der Waals surface area contributed by atoms with Crippen molar-refractivity contribution in [1.29, 1.82) is 5.26 Å². The normalized spacial score (nSPS) is 14.4. The van der Waals surface area contributed by atoms with E-state index in [-0.39, 0.29) is 0 Å². The molecule has 3 aromatic rings. The molecule has 0 amide bonds. The number of methoxy groups -OCH3 is 1. The number of morpholine rings is 1. The number of aryl methyl sites for hydroxylation is 1. The molecule has 1 aromatic carbocycles. The van der Waals surface area contributed by atoms with Crippen LogP contribution in [-0.4, -0.2) is 47.8 Å². The largest absolute Gasteiger partial charge is 0.497 e. The third-order valence-corrected chi connectivity index (χ3v) is 4.55. The van der Waals surface area contributed by atoms with Crippen LogP contribution >= 0.6 is 0 Å². The van der Waals surface area contributed by atoms with E-state index in [0.717, 1.165) is 35.9 Å². The minimum atomic E-state index is 0.529. The van der Waals surface area contributed by atoms with Crippen LogP contribution in [0.25, 0.3) is 16.9 Å². The molecule has 0 saturated carbocycles. The van der Waals surface area contributed by atoms with E-state index in [4.69, 9.17) is 14.5 Å². The lowest BCUT2D eigenvalue weighted by atomic mass is 10.1. The second-order valence-corrected chi connectivity index (χ2v) is 6.13. The van der Waals surface area contributed by atoms with Gasteiger partial charge in [0.05, 0.1) is 31.7 Å². The van der Waals surface area contributed by atoms with Gasteiger partial charge in [0.2, 0.25) is 0 Å². The van der Waals surface area contributed by atoms with Gasteiger partial charge in [0.25, 0.3) is 0 Å². The second-order valence-electron chi connectivity index (χ2n) is 6.13. The third-order valence-electron chi connectivity index (χ3n) is 4.55. The summed E-state index contributed by atoms with van der Waals surface area (Å²) in [6, 6.07) is 10.00. The van der Waals surface area contributed by atoms with Gasteiger partial charge < -0.3 is 14.4 Å². The molecule has 0 aliphatic carbocycles. The van der Waals surface area contributed by atoms with Crippen LogP contribution in [0.1, 0.15) is 11.4 Å². The summed E-state index contributed by atoms with van der Waals surface area (Å²) in [7, 11) is 1.64. The molecule has 4 rings (SSSR count). The number of nitriles is 1. The van der Waals surface area contributed by atoms with Crippen molar-refractivity contribution < 1.29 is 9.47 Å². The summed E-state index contributed by atoms with van der Waals surface area (Å²) in [5, 5.41) is 9.57. The van der Waals surface area contributed by atoms with E-state index in [1.54, 1.807) is 7.11 Å². The van der Waals surface area contributed by atoms with E-state index < -0.39 is 0 Å². The maximum Gasteiger partial charge on any atom is 0.181 e. The quantitative estimate of drug-likeness (QED) is 0.723. The summed E-state index contributed by atoms with van der Waals surface area (Å²) in [6.45, 7) is 4.65. The van der Waals surface area contributed by atoms with Crippen molar-refractivity contribution in [2.45, 2.75) is 6.92 Å². The highest BCUT2D eigenvalue weighted by Gasteiger charge is 2.21. The summed E-state index contributed by atoms with van der Waals surface area (Å²) in [5.74, 6) is 1.54. The molecule has 2 aromatic heterocycles. The highest BCUT2D eigenvalue weighted by Crippen LogP contribution is 2.29. The molecule has 0 radical (unpaired) electrons. The molecule has 1 aliphatic heterocycles. The topological polar surface area (TPSA) is 75.7 Å². The molecular formula is C19H19N5O2. The Hall–Kier alpha value is -3.11. The maximum absolute atomic E-state index is 9.57. The van der Waals surface area contributed by atoms with Crippen molar-refractivity contribution in [2.75, 3.05) is 38.3 Å². The number of ether oxygens (including phenoxy) is 2. The van der Waals surface area contributed by atoms with Crippen LogP contribution in [0.3, 0.4) is 0 Å². The number of fused-ring (bicyclic) bond motifs is 1. The van der Waals surface area contributed by atoms with E-state index in [0.29, 0.717) is 30.2 Å². The fraction of sp³-hybridized carbons (Fsp3) is 0.316. The first-order chi connectivity index (χ1) is 12.7. The van der Waals surface area contributed by atoms with Crippen molar-refractivity contribution in [2.24, 2.45) is 0 Å². The van der Waals surface area contributed by atoms with Crippen molar-refractivity contribution in [1.82, 2.24) is 14.4 Å². The van der Waals surface area contributed by atoms with Crippen LogP contribution in [0.2, 0.25) is 0 Å². The molecular weight excluding hydrogens is 330 g/mol. The van der Waals surface area contributed by atoms with Gasteiger partial charge in [-0.05, 0) is 19.1 Å². The first-order valence-corrected chi connectivity index (χ1v) is 8.48. The standard InChI is InChI=1S/C19H19N5O2/c1-13-17(11-20)24-12-16(14-4-3-5-15(10-14)25-2)22-18(19(24)21-13)23-6-8-26-9-7-23/h3-5,10,12H,6-9H2,1-2H3. The van der Waals surface area contributed by atoms with Crippen molar-refractivity contribution in [3.8, 4) is 23.1 Å². The van der Waals surface area contributed by atoms with Gasteiger partial charge in [-0.25, -0.2) is 9.97 Å². The lowest BCUT2D eigenvalue weighted by Gasteiger charge is -2.28. The minimum Gasteiger partial charge on any atom is -0.497 e. The second kappa shape index (κ2) is 6.65. The van der Waals surface area contributed by atoms with Crippen LogP contribution in [-0.2, 0) is 4.74 Å². The van der Waals surface area contributed by atoms with Gasteiger partial charge >= 0.3 is 0 Å². The Labute approximate surface area is 151 Å². The van der Waals surface area contributed by atoms with Crippen molar-refractivity contribution in [3.05, 3.63) is 41.9 Å². The van der Waals surface area contributed by atoms with Crippen molar-refractivity contribution in [3.63, 3.8) is 0 Å². The molecule has 0 N–H and O–H groups in total. The number of imidazole rings is 1. The zero-order chi connectivity index (χ0) is 18.1. The SMILES string of the molecule is COc1cccc(-c2cn3c(C#N)c(C)nc3c(N3CCOCC3)n2)c1. The highest BCUT2D eigenvalue weighted by molar-refractivity contribution is 5.72. The Morgan fingerprint density at radius 2 is 2.04 bits per heavy atom. The fourth-order valence-corrected chi connectivity index (χ4v) is 3.19. The van der Waals surface area contributed by atoms with E-state index in [1.807, 2.05) is 41.8 Å². The summed E-state index contributed by atoms with van der Waals surface area (Å²) >= 11 is 0. The molecule has 1 fully saturated rings. The lowest BCUT2D eigenvalue weighted by Crippen LogP contribution is -2.37. The Bertz CT molecular complexity index is 999. The first-order valence-electron chi connectivity index (χ1n) is 8.48. The Kier molecular flexibility index (Phi) is 4.19. The fourth-order valence-electron chi connectivity index (χ4n) is 3.19. The van der Waals surface area contributed by atoms with Crippen LogP contribution in [0.5, 0.6) is 5.75 Å². The average Bonchev–Trinajstić information content (AvgIpc) is 3.02. The predicted octanol–water partition coefficient (Wildman–Crippen LogP) is 2.42. The molecule has 7 heteroatoms. The maximum atomic E-state index is 9.57. The van der Waals surface area contributed by atoms with Gasteiger partial charge in [0.1, 0.15) is 17.5 Å². The number of anilines is 1. The number of hydrogen-bond acceptors (Lipinski definition) is 6. The van der Waals surface area contributed by atoms with Gasteiger partial charge in [0.15, 0.2) is 11.5 Å². The lowest BCUT2D eigenvalue weighted by molar-refractivity contribution is 0.122. The summed E-state index contributed by atoms with van der Waals surface area (Å²) in [4.78, 5) is 11.6. The summed E-state index contributed by atoms with van der Waals surface area (Å²) in [5.41, 5.74) is 3.63. The zero-order valence-corrected chi connectivity index (χ0v) is 14.8. The van der Waals surface area contributed by atoms with E-state index >= 15 is 0 Å². The van der Waals surface area contributed by atoms with Crippen molar-refractivity contribution >= 4 is 11.5 Å². The average molecular weight is 349 g/mol. The van der Waals surface area contributed by atoms with Gasteiger partial charge in [-0.1, -0.05) is 12.1 Å². The van der Waals surface area contributed by atoms with Gasteiger partial charge in [-0.15, -0.1) is 0 Å². The smallest absolute Gasteiger partial charge is 0.181 e. The summed E-state index contributed by atoms with van der Waals surface area (Å²) < 4.78 is 12.6. The van der Waals surface area contributed by atoms with Crippen LogP contribution in [0.15, 0.2) is 30.5 Å². The molecule has 0 bridgehead atoms. The predicted molar refractivity (Wildman–Crippen MR) is 97.5 cm³/mol. The molecule has 26 heavy (non-hydrogen) atoms. The molecule has 7 nitrogen and oxygen atoms in total. The monoisotopic (exact) mass is 349 g/mol. The first kappa shape index (κ1) is 16.4. The van der Waals surface area contributed by atoms with Gasteiger partial charge in [0, 0.05) is 24.8 Å². The number of hydrogen-bond donors (Lipinski definition) is 0. The van der Waals surface area contributed by atoms with Crippen LogP contribution in [0, 0.1) is 18.3 Å². The zero-order valence-electron chi connectivity index (χ0n) is 14.8. The molecule has 0 spiro atoms. The minimum absolute atomic E-state index is 0.529. The number of rotatable bonds is 3. The number of aromatic nitrogens is 3. The Morgan fingerprint density at radius 3 is 2.77 bits per heavy atom. The molecule has 0 atom stereocenters. The van der Waals surface area contributed by atoms with Gasteiger partial charge in [-0.3, -0.25) is 4.40 Å².